The van der Waals surface area contributed by atoms with Crippen molar-refractivity contribution < 1.29 is 19.1 Å². The highest BCUT2D eigenvalue weighted by atomic mass is 16.5. The second-order valence-corrected chi connectivity index (χ2v) is 12.7. The van der Waals surface area contributed by atoms with Crippen LogP contribution in [0.2, 0.25) is 0 Å². The van der Waals surface area contributed by atoms with E-state index >= 15 is 0 Å². The van der Waals surface area contributed by atoms with Crippen molar-refractivity contribution >= 4 is 23.5 Å². The molecule has 0 saturated carbocycles. The van der Waals surface area contributed by atoms with Crippen molar-refractivity contribution in [2.45, 2.75) is 78.9 Å². The normalized spacial score (nSPS) is 14.8. The molecule has 2 atom stereocenters. The molecule has 8 heteroatoms. The van der Waals surface area contributed by atoms with Gasteiger partial charge >= 0.3 is 6.09 Å². The summed E-state index contributed by atoms with van der Waals surface area (Å²) < 4.78 is 5.43. The summed E-state index contributed by atoms with van der Waals surface area (Å²) in [5.41, 5.74) is 4.30. The minimum atomic E-state index is -0.845. The van der Waals surface area contributed by atoms with Crippen molar-refractivity contribution in [3.05, 3.63) is 102 Å². The van der Waals surface area contributed by atoms with Gasteiger partial charge in [0.05, 0.1) is 0 Å². The molecule has 2 N–H and O–H groups in total. The minimum absolute atomic E-state index is 0.0269. The van der Waals surface area contributed by atoms with Crippen LogP contribution in [-0.4, -0.2) is 48.0 Å². The first-order valence-corrected chi connectivity index (χ1v) is 16.1. The summed E-state index contributed by atoms with van der Waals surface area (Å²) in [7, 11) is 0. The third kappa shape index (κ3) is 10.5. The molecule has 240 valence electrons. The van der Waals surface area contributed by atoms with Gasteiger partial charge in [-0.25, -0.2) is 4.79 Å². The van der Waals surface area contributed by atoms with Crippen molar-refractivity contribution in [3.8, 4) is 0 Å². The fourth-order valence-corrected chi connectivity index (χ4v) is 5.60. The maximum absolute atomic E-state index is 13.9. The average molecular weight is 613 g/mol. The number of ether oxygens (including phenoxy) is 1. The Morgan fingerprint density at radius 2 is 1.42 bits per heavy atom. The molecule has 0 radical (unpaired) electrons. The maximum atomic E-state index is 13.9. The van der Waals surface area contributed by atoms with Gasteiger partial charge in [-0.05, 0) is 47.4 Å². The number of carbonyl (C=O) groups excluding carboxylic acids is 3. The number of hydrogen-bond donors (Lipinski definition) is 2. The van der Waals surface area contributed by atoms with Gasteiger partial charge in [0.2, 0.25) is 5.91 Å². The zero-order chi connectivity index (χ0) is 32.2. The fourth-order valence-electron chi connectivity index (χ4n) is 5.60. The quantitative estimate of drug-likeness (QED) is 0.222. The molecule has 8 nitrogen and oxygen atoms in total. The Balaban J connectivity index is 1.52. The lowest BCUT2D eigenvalue weighted by atomic mass is 10.0. The first-order chi connectivity index (χ1) is 21.7. The number of rotatable bonds is 14. The van der Waals surface area contributed by atoms with E-state index in [2.05, 4.69) is 58.5 Å². The van der Waals surface area contributed by atoms with E-state index in [1.54, 1.807) is 0 Å². The molecule has 1 unspecified atom stereocenters. The van der Waals surface area contributed by atoms with Crippen molar-refractivity contribution in [1.29, 1.82) is 0 Å². The summed E-state index contributed by atoms with van der Waals surface area (Å²) in [5, 5.41) is 5.83. The molecule has 1 aliphatic rings. The molecule has 0 aliphatic carbocycles. The van der Waals surface area contributed by atoms with Crippen molar-refractivity contribution in [2.24, 2.45) is 11.8 Å². The number of amides is 2. The predicted molar refractivity (Wildman–Crippen MR) is 178 cm³/mol. The van der Waals surface area contributed by atoms with Gasteiger partial charge in [-0.15, -0.1) is 0 Å². The van der Waals surface area contributed by atoms with Crippen LogP contribution in [0.1, 0.15) is 63.6 Å². The minimum Gasteiger partial charge on any atom is -0.445 e. The van der Waals surface area contributed by atoms with Crippen LogP contribution in [0.25, 0.3) is 0 Å². The Kier molecular flexibility index (Phi) is 12.6. The lowest BCUT2D eigenvalue weighted by molar-refractivity contribution is -0.133. The third-order valence-electron chi connectivity index (χ3n) is 8.02. The number of anilines is 1. The highest BCUT2D eigenvalue weighted by Gasteiger charge is 2.33. The van der Waals surface area contributed by atoms with Crippen molar-refractivity contribution in [2.75, 3.05) is 18.0 Å². The van der Waals surface area contributed by atoms with Crippen LogP contribution in [0.3, 0.4) is 0 Å². The van der Waals surface area contributed by atoms with Crippen LogP contribution >= 0.6 is 0 Å². The molecule has 0 bridgehead atoms. The van der Waals surface area contributed by atoms with E-state index in [1.165, 1.54) is 5.56 Å². The largest absolute Gasteiger partial charge is 0.445 e. The fraction of sp³-hybridized carbons (Fsp3) is 0.432. The van der Waals surface area contributed by atoms with Gasteiger partial charge < -0.3 is 20.3 Å². The van der Waals surface area contributed by atoms with Crippen LogP contribution in [0, 0.1) is 11.8 Å². The highest BCUT2D eigenvalue weighted by molar-refractivity contribution is 5.92. The van der Waals surface area contributed by atoms with Gasteiger partial charge in [0.15, 0.2) is 5.78 Å². The molecular weight excluding hydrogens is 564 g/mol. The number of nitrogens with one attached hydrogen (secondary N) is 2. The molecule has 0 spiro atoms. The monoisotopic (exact) mass is 612 g/mol. The Bertz CT molecular complexity index is 1380. The summed E-state index contributed by atoms with van der Waals surface area (Å²) >= 11 is 0. The molecule has 3 aromatic rings. The zero-order valence-electron chi connectivity index (χ0n) is 27.1. The van der Waals surface area contributed by atoms with E-state index in [0.717, 1.165) is 29.8 Å². The van der Waals surface area contributed by atoms with Crippen molar-refractivity contribution in [1.82, 2.24) is 15.5 Å². The SMILES string of the molecule is CC(C)CCC(=O)C(NC(=O)[C@H](CC(C)C)NC(=O)OCc1ccccc1)N1CCN(Cc2ccccc2)c2ccccc2C1. The van der Waals surface area contributed by atoms with Crippen molar-refractivity contribution in [3.63, 3.8) is 0 Å². The predicted octanol–water partition coefficient (Wildman–Crippen LogP) is 6.30. The summed E-state index contributed by atoms with van der Waals surface area (Å²) in [6.45, 7) is 10.8. The van der Waals surface area contributed by atoms with E-state index in [0.29, 0.717) is 38.4 Å². The number of benzene rings is 3. The highest BCUT2D eigenvalue weighted by Crippen LogP contribution is 2.28. The number of carbonyl (C=O) groups is 3. The second kappa shape index (κ2) is 16.8. The third-order valence-corrected chi connectivity index (χ3v) is 8.02. The summed E-state index contributed by atoms with van der Waals surface area (Å²) in [6.07, 6.45) is 0.0122. The average Bonchev–Trinajstić information content (AvgIpc) is 3.21. The van der Waals surface area contributed by atoms with Gasteiger partial charge in [0, 0.05) is 38.3 Å². The van der Waals surface area contributed by atoms with Crippen LogP contribution < -0.4 is 15.5 Å². The van der Waals surface area contributed by atoms with E-state index in [9.17, 15) is 14.4 Å². The van der Waals surface area contributed by atoms with Gasteiger partial charge in [-0.1, -0.05) is 107 Å². The second-order valence-electron chi connectivity index (χ2n) is 12.7. The van der Waals surface area contributed by atoms with Gasteiger partial charge in [0.1, 0.15) is 18.8 Å². The number of hydrogen-bond acceptors (Lipinski definition) is 6. The Labute approximate surface area is 268 Å². The van der Waals surface area contributed by atoms with E-state index < -0.39 is 18.3 Å². The van der Waals surface area contributed by atoms with Gasteiger partial charge in [0.25, 0.3) is 0 Å². The molecule has 1 aliphatic heterocycles. The number of nitrogens with zero attached hydrogens (tertiary/aromatic N) is 2. The number of Topliss-reactive ketones (excluding diaryl/α,β-unsaturated/α-hetero) is 1. The van der Waals surface area contributed by atoms with E-state index in [4.69, 9.17) is 4.74 Å². The lowest BCUT2D eigenvalue weighted by Gasteiger charge is -2.32. The topological polar surface area (TPSA) is 91.0 Å². The summed E-state index contributed by atoms with van der Waals surface area (Å²) in [5.74, 6) is 0.0658. The number of fused-ring (bicyclic) bond motifs is 1. The molecule has 3 aromatic carbocycles. The Hall–Kier alpha value is -4.17. The smallest absolute Gasteiger partial charge is 0.408 e. The first kappa shape index (κ1) is 33.7. The first-order valence-electron chi connectivity index (χ1n) is 16.1. The molecule has 4 rings (SSSR count). The Morgan fingerprint density at radius 1 is 0.778 bits per heavy atom. The van der Waals surface area contributed by atoms with Crippen LogP contribution in [0.4, 0.5) is 10.5 Å². The molecular formula is C37H48N4O4. The number of alkyl carbamates (subject to hydrolysis) is 1. The van der Waals surface area contributed by atoms with Crippen LogP contribution in [0.5, 0.6) is 0 Å². The lowest BCUT2D eigenvalue weighted by Crippen LogP contribution is -2.58. The van der Waals surface area contributed by atoms with Crippen LogP contribution in [-0.2, 0) is 34.0 Å². The summed E-state index contributed by atoms with van der Waals surface area (Å²) in [4.78, 5) is 44.9. The summed E-state index contributed by atoms with van der Waals surface area (Å²) in [6, 6.07) is 27.2. The van der Waals surface area contributed by atoms with E-state index in [-0.39, 0.29) is 24.2 Å². The number of ketones is 1. The maximum Gasteiger partial charge on any atom is 0.408 e. The molecule has 0 saturated heterocycles. The standard InChI is InChI=1S/C37H48N4O4/c1-27(2)19-20-34(42)35(39-36(43)32(23-28(3)4)38-37(44)45-26-30-15-9-6-10-16-30)41-22-21-40(24-29-13-7-5-8-14-29)33-18-12-11-17-31(33)25-41/h5-18,27-28,32,35H,19-26H2,1-4H3,(H,38,44)(H,39,43)/t32-,35?/m0/s1. The van der Waals surface area contributed by atoms with Gasteiger partial charge in [-0.2, -0.15) is 0 Å². The van der Waals surface area contributed by atoms with Gasteiger partial charge in [-0.3, -0.25) is 14.5 Å². The van der Waals surface area contributed by atoms with Crippen LogP contribution in [0.15, 0.2) is 84.9 Å². The molecule has 0 fully saturated rings. The van der Waals surface area contributed by atoms with E-state index in [1.807, 2.05) is 74.5 Å². The Morgan fingerprint density at radius 3 is 2.09 bits per heavy atom. The molecule has 1 heterocycles. The zero-order valence-corrected chi connectivity index (χ0v) is 27.1. The number of para-hydroxylation sites is 1. The molecule has 2 amide bonds. The molecule has 0 aromatic heterocycles. The molecule has 45 heavy (non-hydrogen) atoms.